The number of aromatic nitrogens is 2. The molecule has 0 spiro atoms. The van der Waals surface area contributed by atoms with Gasteiger partial charge in [-0.2, -0.15) is 0 Å². The first kappa shape index (κ1) is 13.3. The SMILES string of the molecule is CNCCCc1nnc(-c2cc(Cl)ccc2Cl)o1. The minimum atomic E-state index is 0.405. The second-order valence-electron chi connectivity index (χ2n) is 3.83. The molecule has 0 radical (unpaired) electrons. The number of benzene rings is 1. The van der Waals surface area contributed by atoms with E-state index in [2.05, 4.69) is 15.5 Å². The van der Waals surface area contributed by atoms with Crippen LogP contribution in [0.4, 0.5) is 0 Å². The van der Waals surface area contributed by atoms with Crippen LogP contribution in [-0.4, -0.2) is 23.8 Å². The first-order valence-electron chi connectivity index (χ1n) is 5.63. The standard InChI is InChI=1S/C12H13Cl2N3O/c1-15-6-2-3-11-16-17-12(18-11)9-7-8(13)4-5-10(9)14/h4-5,7,15H,2-3,6H2,1H3. The fourth-order valence-corrected chi connectivity index (χ4v) is 1.91. The molecule has 6 heteroatoms. The Hall–Kier alpha value is -1.10. The highest BCUT2D eigenvalue weighted by atomic mass is 35.5. The predicted octanol–water partition coefficient (Wildman–Crippen LogP) is 3.20. The highest BCUT2D eigenvalue weighted by molar-refractivity contribution is 6.35. The smallest absolute Gasteiger partial charge is 0.249 e. The topological polar surface area (TPSA) is 51.0 Å². The van der Waals surface area contributed by atoms with E-state index in [0.717, 1.165) is 19.4 Å². The van der Waals surface area contributed by atoms with Gasteiger partial charge >= 0.3 is 0 Å². The Balaban J connectivity index is 2.16. The van der Waals surface area contributed by atoms with E-state index in [1.807, 2.05) is 7.05 Å². The molecule has 2 aromatic rings. The van der Waals surface area contributed by atoms with Crippen LogP contribution in [0.25, 0.3) is 11.5 Å². The van der Waals surface area contributed by atoms with E-state index < -0.39 is 0 Å². The second kappa shape index (κ2) is 6.18. The Kier molecular flexibility index (Phi) is 4.58. The summed E-state index contributed by atoms with van der Waals surface area (Å²) in [5.41, 5.74) is 0.663. The van der Waals surface area contributed by atoms with Crippen LogP contribution in [0.1, 0.15) is 12.3 Å². The van der Waals surface area contributed by atoms with E-state index in [1.165, 1.54) is 0 Å². The normalized spacial score (nSPS) is 10.8. The molecule has 0 aliphatic rings. The lowest BCUT2D eigenvalue weighted by Gasteiger charge is -1.99. The number of hydrogen-bond acceptors (Lipinski definition) is 4. The van der Waals surface area contributed by atoms with Crippen LogP contribution in [0.2, 0.25) is 10.0 Å². The molecule has 0 saturated carbocycles. The van der Waals surface area contributed by atoms with Crippen molar-refractivity contribution in [3.05, 3.63) is 34.1 Å². The van der Waals surface area contributed by atoms with Crippen LogP contribution in [0.15, 0.2) is 22.6 Å². The summed E-state index contributed by atoms with van der Waals surface area (Å²) in [6, 6.07) is 5.15. The molecule has 0 aliphatic carbocycles. The van der Waals surface area contributed by atoms with Crippen molar-refractivity contribution in [2.75, 3.05) is 13.6 Å². The van der Waals surface area contributed by atoms with E-state index in [4.69, 9.17) is 27.6 Å². The maximum atomic E-state index is 6.07. The number of hydrogen-bond donors (Lipinski definition) is 1. The van der Waals surface area contributed by atoms with Crippen LogP contribution in [0, 0.1) is 0 Å². The molecule has 1 N–H and O–H groups in total. The van der Waals surface area contributed by atoms with E-state index in [1.54, 1.807) is 18.2 Å². The number of nitrogens with one attached hydrogen (secondary N) is 1. The van der Waals surface area contributed by atoms with Gasteiger partial charge in [-0.25, -0.2) is 0 Å². The molecule has 0 atom stereocenters. The maximum Gasteiger partial charge on any atom is 0.249 e. The summed E-state index contributed by atoms with van der Waals surface area (Å²) < 4.78 is 5.56. The third-order valence-corrected chi connectivity index (χ3v) is 3.01. The van der Waals surface area contributed by atoms with Crippen molar-refractivity contribution in [3.63, 3.8) is 0 Å². The van der Waals surface area contributed by atoms with Gasteiger partial charge in [0.05, 0.1) is 10.6 Å². The lowest BCUT2D eigenvalue weighted by atomic mass is 10.2. The Bertz CT molecular complexity index is 528. The molecule has 1 heterocycles. The molecular formula is C12H13Cl2N3O. The van der Waals surface area contributed by atoms with Crippen molar-refractivity contribution in [3.8, 4) is 11.5 Å². The summed E-state index contributed by atoms with van der Waals surface area (Å²) in [5, 5.41) is 12.2. The molecule has 18 heavy (non-hydrogen) atoms. The van der Waals surface area contributed by atoms with Gasteiger partial charge in [-0.3, -0.25) is 0 Å². The van der Waals surface area contributed by atoms with Crippen molar-refractivity contribution >= 4 is 23.2 Å². The molecule has 2 rings (SSSR count). The van der Waals surface area contributed by atoms with Crippen molar-refractivity contribution in [1.82, 2.24) is 15.5 Å². The van der Waals surface area contributed by atoms with Gasteiger partial charge in [0.15, 0.2) is 0 Å². The average molecular weight is 286 g/mol. The lowest BCUT2D eigenvalue weighted by Crippen LogP contribution is -2.08. The number of nitrogens with zero attached hydrogens (tertiary/aromatic N) is 2. The second-order valence-corrected chi connectivity index (χ2v) is 4.68. The molecule has 4 nitrogen and oxygen atoms in total. The molecule has 0 saturated heterocycles. The number of rotatable bonds is 5. The summed E-state index contributed by atoms with van der Waals surface area (Å²) in [7, 11) is 1.91. The average Bonchev–Trinajstić information content (AvgIpc) is 2.81. The van der Waals surface area contributed by atoms with Crippen LogP contribution >= 0.6 is 23.2 Å². The Labute approximate surface area is 115 Å². The fourth-order valence-electron chi connectivity index (χ4n) is 1.54. The molecule has 0 aliphatic heterocycles. The van der Waals surface area contributed by atoms with Gasteiger partial charge in [0.25, 0.3) is 0 Å². The zero-order valence-corrected chi connectivity index (χ0v) is 11.4. The van der Waals surface area contributed by atoms with Gasteiger partial charge in [-0.15, -0.1) is 10.2 Å². The molecule has 0 unspecified atom stereocenters. The third-order valence-electron chi connectivity index (χ3n) is 2.44. The Morgan fingerprint density at radius 3 is 2.89 bits per heavy atom. The van der Waals surface area contributed by atoms with Crippen molar-refractivity contribution in [1.29, 1.82) is 0 Å². The summed E-state index contributed by atoms with van der Waals surface area (Å²) in [5.74, 6) is 1.01. The summed E-state index contributed by atoms with van der Waals surface area (Å²) in [6.45, 7) is 0.912. The molecule has 0 bridgehead atoms. The number of aryl methyl sites for hydroxylation is 1. The zero-order valence-electron chi connectivity index (χ0n) is 9.91. The van der Waals surface area contributed by atoms with E-state index in [0.29, 0.717) is 27.4 Å². The summed E-state index contributed by atoms with van der Waals surface area (Å²) in [6.07, 6.45) is 1.69. The van der Waals surface area contributed by atoms with Gasteiger partial charge in [0.1, 0.15) is 0 Å². The molecule has 0 fully saturated rings. The molecule has 96 valence electrons. The van der Waals surface area contributed by atoms with Crippen LogP contribution in [-0.2, 0) is 6.42 Å². The maximum absolute atomic E-state index is 6.07. The Morgan fingerprint density at radius 2 is 2.11 bits per heavy atom. The highest BCUT2D eigenvalue weighted by Crippen LogP contribution is 2.29. The highest BCUT2D eigenvalue weighted by Gasteiger charge is 2.12. The first-order valence-corrected chi connectivity index (χ1v) is 6.38. The molecule has 1 aromatic heterocycles. The first-order chi connectivity index (χ1) is 8.70. The van der Waals surface area contributed by atoms with E-state index >= 15 is 0 Å². The van der Waals surface area contributed by atoms with Gasteiger partial charge in [0, 0.05) is 11.4 Å². The fraction of sp³-hybridized carbons (Fsp3) is 0.333. The van der Waals surface area contributed by atoms with E-state index in [9.17, 15) is 0 Å². The summed E-state index contributed by atoms with van der Waals surface area (Å²) in [4.78, 5) is 0. The van der Waals surface area contributed by atoms with Gasteiger partial charge < -0.3 is 9.73 Å². The molecule has 0 amide bonds. The van der Waals surface area contributed by atoms with Crippen molar-refractivity contribution < 1.29 is 4.42 Å². The Morgan fingerprint density at radius 1 is 1.28 bits per heavy atom. The predicted molar refractivity (Wildman–Crippen MR) is 72.0 cm³/mol. The van der Waals surface area contributed by atoms with Crippen LogP contribution in [0.5, 0.6) is 0 Å². The number of halogens is 2. The molecule has 1 aromatic carbocycles. The van der Waals surface area contributed by atoms with Gasteiger partial charge in [-0.1, -0.05) is 23.2 Å². The largest absolute Gasteiger partial charge is 0.421 e. The molecular weight excluding hydrogens is 273 g/mol. The lowest BCUT2D eigenvalue weighted by molar-refractivity contribution is 0.495. The minimum Gasteiger partial charge on any atom is -0.421 e. The van der Waals surface area contributed by atoms with Gasteiger partial charge in [-0.05, 0) is 38.2 Å². The van der Waals surface area contributed by atoms with E-state index in [-0.39, 0.29) is 0 Å². The quantitative estimate of drug-likeness (QED) is 0.858. The zero-order chi connectivity index (χ0) is 13.0. The van der Waals surface area contributed by atoms with Gasteiger partial charge in [0.2, 0.25) is 11.8 Å². The van der Waals surface area contributed by atoms with Crippen LogP contribution in [0.3, 0.4) is 0 Å². The third kappa shape index (κ3) is 3.22. The monoisotopic (exact) mass is 285 g/mol. The van der Waals surface area contributed by atoms with Crippen molar-refractivity contribution in [2.24, 2.45) is 0 Å². The minimum absolute atomic E-state index is 0.405. The summed E-state index contributed by atoms with van der Waals surface area (Å²) >= 11 is 12.0. The van der Waals surface area contributed by atoms with Crippen LogP contribution < -0.4 is 5.32 Å². The van der Waals surface area contributed by atoms with Crippen molar-refractivity contribution in [2.45, 2.75) is 12.8 Å².